The molecule has 0 aliphatic carbocycles. The molecule has 2 aromatic carbocycles. The lowest BCUT2D eigenvalue weighted by atomic mass is 10.0. The molecule has 3 aliphatic heterocycles. The second-order valence-corrected chi connectivity index (χ2v) is 9.63. The van der Waals surface area contributed by atoms with Gasteiger partial charge in [0, 0.05) is 36.8 Å². The number of likely N-dealkylation sites (tertiary alicyclic amines) is 1. The van der Waals surface area contributed by atoms with E-state index in [1.807, 2.05) is 12.3 Å². The highest BCUT2D eigenvalue weighted by molar-refractivity contribution is 6.05. The van der Waals surface area contributed by atoms with E-state index in [1.165, 1.54) is 59.8 Å². The molecule has 1 aromatic heterocycles. The van der Waals surface area contributed by atoms with E-state index in [0.29, 0.717) is 17.5 Å². The molecular formula is C29H30N4O4. The van der Waals surface area contributed by atoms with Gasteiger partial charge in [0.05, 0.1) is 5.69 Å². The van der Waals surface area contributed by atoms with E-state index < -0.39 is 11.9 Å². The lowest BCUT2D eigenvalue weighted by Gasteiger charge is -2.29. The van der Waals surface area contributed by atoms with Gasteiger partial charge >= 0.3 is 0 Å². The smallest absolute Gasteiger partial charge is 0.255 e. The number of hydrogen-bond donors (Lipinski definition) is 2. The molecule has 1 atom stereocenters. The summed E-state index contributed by atoms with van der Waals surface area (Å²) in [5, 5.41) is 11.7. The Morgan fingerprint density at radius 2 is 1.73 bits per heavy atom. The topological polar surface area (TPSA) is 103 Å². The summed E-state index contributed by atoms with van der Waals surface area (Å²) < 4.78 is 0. The number of aromatic nitrogens is 1. The molecule has 2 N–H and O–H groups in total. The third-order valence-corrected chi connectivity index (χ3v) is 7.02. The summed E-state index contributed by atoms with van der Waals surface area (Å²) in [7, 11) is 0. The number of nitrogens with one attached hydrogen (secondary N) is 1. The first-order chi connectivity index (χ1) is 18.0. The summed E-state index contributed by atoms with van der Waals surface area (Å²) in [6.45, 7) is 3.73. The van der Waals surface area contributed by atoms with Crippen LogP contribution >= 0.6 is 0 Å². The summed E-state index contributed by atoms with van der Waals surface area (Å²) in [5.74, 6) is -0.870. The van der Waals surface area contributed by atoms with Gasteiger partial charge in [0.15, 0.2) is 0 Å². The predicted octanol–water partition coefficient (Wildman–Crippen LogP) is 3.50. The fraction of sp³-hybridized carbons (Fsp3) is 0.310. The Morgan fingerprint density at radius 3 is 2.43 bits per heavy atom. The zero-order valence-corrected chi connectivity index (χ0v) is 20.6. The minimum absolute atomic E-state index is 0.0941. The minimum Gasteiger partial charge on any atom is -0.508 e. The van der Waals surface area contributed by atoms with Crippen molar-refractivity contribution >= 4 is 17.7 Å². The molecule has 37 heavy (non-hydrogen) atoms. The first-order valence-corrected chi connectivity index (χ1v) is 12.7. The molecule has 4 heterocycles. The van der Waals surface area contributed by atoms with Crippen LogP contribution in [0.25, 0.3) is 11.1 Å². The Hall–Kier alpha value is -4.04. The zero-order valence-electron chi connectivity index (χ0n) is 20.6. The van der Waals surface area contributed by atoms with E-state index in [4.69, 9.17) is 0 Å². The number of imide groups is 1. The fourth-order valence-electron chi connectivity index (χ4n) is 5.05. The van der Waals surface area contributed by atoms with Crippen LogP contribution in [0.15, 0.2) is 66.9 Å². The molecule has 0 bridgehead atoms. The number of pyridine rings is 1. The summed E-state index contributed by atoms with van der Waals surface area (Å²) in [6.07, 6.45) is 5.24. The number of nitrogens with zero attached hydrogens (tertiary/aromatic N) is 3. The number of phenols is 1. The number of phenolic OH excluding ortho intramolecular Hbond substituents is 1. The number of piperidine rings is 1. The number of carbonyl (C=O) groups is 3. The molecule has 6 rings (SSSR count). The van der Waals surface area contributed by atoms with E-state index in [9.17, 15) is 19.5 Å². The molecule has 2 fully saturated rings. The molecule has 190 valence electrons. The number of fused-ring (bicyclic) bond motifs is 1. The molecule has 3 aliphatic rings. The number of amides is 3. The van der Waals surface area contributed by atoms with Crippen LogP contribution in [-0.2, 0) is 22.7 Å². The summed E-state index contributed by atoms with van der Waals surface area (Å²) in [4.78, 5) is 43.6. The number of carbonyl (C=O) groups excluding carboxylic acids is 3. The fourth-order valence-corrected chi connectivity index (χ4v) is 5.05. The Morgan fingerprint density at radius 1 is 0.946 bits per heavy atom. The quantitative estimate of drug-likeness (QED) is 0.534. The third-order valence-electron chi connectivity index (χ3n) is 7.02. The lowest BCUT2D eigenvalue weighted by molar-refractivity contribution is -0.136. The van der Waals surface area contributed by atoms with E-state index in [2.05, 4.69) is 51.6 Å². The molecule has 8 nitrogen and oxygen atoms in total. The van der Waals surface area contributed by atoms with Crippen molar-refractivity contribution in [2.24, 2.45) is 0 Å². The van der Waals surface area contributed by atoms with Crippen LogP contribution in [0.5, 0.6) is 5.75 Å². The second kappa shape index (κ2) is 10.9. The second-order valence-electron chi connectivity index (χ2n) is 9.63. The van der Waals surface area contributed by atoms with E-state index in [0.717, 1.165) is 6.54 Å². The van der Waals surface area contributed by atoms with Crippen molar-refractivity contribution in [1.29, 1.82) is 0 Å². The molecule has 0 spiro atoms. The Bertz CT molecular complexity index is 1290. The standard InChI is InChI=1S/C16H18N2.C13H12N2O4/c1-2-6-14(7-3-1)15-8-9-16(17-12-15)13-18-10-4-5-11-18;16-8-1-2-9-7(5-8)6-15(13(9)19)10-3-4-11(17)14-12(10)18/h1-3,6-9,12H,4-5,10-11,13H2;1-2,5,10,16H,3-4,6H2,(H,14,17,18). The van der Waals surface area contributed by atoms with Crippen molar-refractivity contribution < 1.29 is 19.5 Å². The number of hydrogen-bond acceptors (Lipinski definition) is 6. The van der Waals surface area contributed by atoms with Crippen molar-refractivity contribution in [2.45, 2.75) is 44.8 Å². The van der Waals surface area contributed by atoms with Gasteiger partial charge in [-0.1, -0.05) is 36.4 Å². The maximum atomic E-state index is 12.2. The Kier molecular flexibility index (Phi) is 7.28. The van der Waals surface area contributed by atoms with Gasteiger partial charge in [0.2, 0.25) is 11.8 Å². The van der Waals surface area contributed by atoms with Crippen molar-refractivity contribution in [2.75, 3.05) is 13.1 Å². The molecule has 2 saturated heterocycles. The predicted molar refractivity (Wildman–Crippen MR) is 138 cm³/mol. The number of aromatic hydroxyl groups is 1. The Labute approximate surface area is 215 Å². The molecule has 0 radical (unpaired) electrons. The van der Waals surface area contributed by atoms with E-state index >= 15 is 0 Å². The average molecular weight is 499 g/mol. The van der Waals surface area contributed by atoms with Gasteiger partial charge in [-0.15, -0.1) is 0 Å². The van der Waals surface area contributed by atoms with Crippen LogP contribution in [0.3, 0.4) is 0 Å². The van der Waals surface area contributed by atoms with Crippen molar-refractivity contribution in [3.63, 3.8) is 0 Å². The van der Waals surface area contributed by atoms with E-state index in [-0.39, 0.29) is 30.5 Å². The van der Waals surface area contributed by atoms with Gasteiger partial charge < -0.3 is 10.0 Å². The van der Waals surface area contributed by atoms with Crippen LogP contribution in [0.2, 0.25) is 0 Å². The SMILES string of the molecule is O=C1CCC(N2Cc3cc(O)ccc3C2=O)C(=O)N1.c1ccc(-c2ccc(CN3CCCC3)nc2)cc1. The van der Waals surface area contributed by atoms with Gasteiger partial charge in [-0.3, -0.25) is 29.6 Å². The monoisotopic (exact) mass is 498 g/mol. The lowest BCUT2D eigenvalue weighted by Crippen LogP contribution is -2.52. The maximum Gasteiger partial charge on any atom is 0.255 e. The maximum absolute atomic E-state index is 12.2. The molecule has 1 unspecified atom stereocenters. The molecule has 0 saturated carbocycles. The highest BCUT2D eigenvalue weighted by Crippen LogP contribution is 2.29. The normalized spacial score (nSPS) is 19.3. The van der Waals surface area contributed by atoms with Gasteiger partial charge in [-0.2, -0.15) is 0 Å². The van der Waals surface area contributed by atoms with Crippen LogP contribution < -0.4 is 5.32 Å². The average Bonchev–Trinajstić information content (AvgIpc) is 3.53. The largest absolute Gasteiger partial charge is 0.508 e. The van der Waals surface area contributed by atoms with Crippen molar-refractivity contribution in [1.82, 2.24) is 20.1 Å². The minimum atomic E-state index is -0.611. The number of benzene rings is 2. The molecule has 3 amide bonds. The molecule has 3 aromatic rings. The summed E-state index contributed by atoms with van der Waals surface area (Å²) in [5.41, 5.74) is 4.81. The van der Waals surface area contributed by atoms with Crippen LogP contribution in [-0.4, -0.2) is 56.7 Å². The Balaban J connectivity index is 0.000000152. The van der Waals surface area contributed by atoms with Gasteiger partial charge in [-0.25, -0.2) is 0 Å². The van der Waals surface area contributed by atoms with Crippen molar-refractivity contribution in [3.05, 3.63) is 83.7 Å². The van der Waals surface area contributed by atoms with Gasteiger partial charge in [0.1, 0.15) is 11.8 Å². The molecular weight excluding hydrogens is 468 g/mol. The van der Waals surface area contributed by atoms with Crippen LogP contribution in [0, 0.1) is 0 Å². The van der Waals surface area contributed by atoms with E-state index in [1.54, 1.807) is 6.07 Å². The zero-order chi connectivity index (χ0) is 25.8. The van der Waals surface area contributed by atoms with Crippen LogP contribution in [0.1, 0.15) is 47.3 Å². The van der Waals surface area contributed by atoms with Crippen LogP contribution in [0.4, 0.5) is 0 Å². The first-order valence-electron chi connectivity index (χ1n) is 12.7. The van der Waals surface area contributed by atoms with Gasteiger partial charge in [-0.05, 0) is 67.7 Å². The number of rotatable bonds is 4. The molecule has 8 heteroatoms. The first kappa shape index (κ1) is 24.6. The summed E-state index contributed by atoms with van der Waals surface area (Å²) in [6, 6.07) is 18.7. The third kappa shape index (κ3) is 5.70. The van der Waals surface area contributed by atoms with Gasteiger partial charge in [0.25, 0.3) is 5.91 Å². The van der Waals surface area contributed by atoms with Crippen molar-refractivity contribution in [3.8, 4) is 16.9 Å². The summed E-state index contributed by atoms with van der Waals surface area (Å²) >= 11 is 0. The highest BCUT2D eigenvalue weighted by Gasteiger charge is 2.39. The highest BCUT2D eigenvalue weighted by atomic mass is 16.3.